The Morgan fingerprint density at radius 3 is 2.52 bits per heavy atom. The predicted molar refractivity (Wildman–Crippen MR) is 109 cm³/mol. The lowest BCUT2D eigenvalue weighted by Crippen LogP contribution is -2.40. The van der Waals surface area contributed by atoms with E-state index in [4.69, 9.17) is 0 Å². The van der Waals surface area contributed by atoms with Gasteiger partial charge in [-0.3, -0.25) is 4.79 Å². The first-order valence-electron chi connectivity index (χ1n) is 11.1. The summed E-state index contributed by atoms with van der Waals surface area (Å²) in [6, 6.07) is 6.29. The van der Waals surface area contributed by atoms with Crippen molar-refractivity contribution >= 4 is 11.6 Å². The van der Waals surface area contributed by atoms with Crippen molar-refractivity contribution in [1.29, 1.82) is 0 Å². The Kier molecular flexibility index (Phi) is 6.14. The van der Waals surface area contributed by atoms with E-state index >= 15 is 0 Å². The van der Waals surface area contributed by atoms with Crippen LogP contribution in [0.25, 0.3) is 0 Å². The van der Waals surface area contributed by atoms with Crippen LogP contribution in [0.2, 0.25) is 0 Å². The van der Waals surface area contributed by atoms with Crippen LogP contribution in [-0.4, -0.2) is 42.1 Å². The summed E-state index contributed by atoms with van der Waals surface area (Å²) in [5.41, 5.74) is 3.33. The molecule has 4 rings (SSSR count). The Morgan fingerprint density at radius 1 is 1.00 bits per heavy atom. The van der Waals surface area contributed by atoms with Crippen LogP contribution < -0.4 is 4.90 Å². The minimum Gasteiger partial charge on any atom is -0.387 e. The molecule has 0 aromatic heterocycles. The molecule has 0 radical (unpaired) electrons. The molecule has 0 spiro atoms. The predicted octanol–water partition coefficient (Wildman–Crippen LogP) is 4.07. The maximum absolute atomic E-state index is 13.1. The van der Waals surface area contributed by atoms with Gasteiger partial charge >= 0.3 is 0 Å². The molecule has 2 fully saturated rings. The third-order valence-electron chi connectivity index (χ3n) is 6.71. The van der Waals surface area contributed by atoms with Crippen molar-refractivity contribution in [3.05, 3.63) is 29.3 Å². The van der Waals surface area contributed by atoms with Crippen LogP contribution >= 0.6 is 0 Å². The van der Waals surface area contributed by atoms with E-state index in [0.717, 1.165) is 63.1 Å². The van der Waals surface area contributed by atoms with Crippen LogP contribution in [0.3, 0.4) is 0 Å². The van der Waals surface area contributed by atoms with Gasteiger partial charge in [0.2, 0.25) is 5.91 Å². The van der Waals surface area contributed by atoms with Crippen LogP contribution in [0.4, 0.5) is 5.69 Å². The molecular weight excluding hydrogens is 336 g/mol. The zero-order chi connectivity index (χ0) is 18.6. The van der Waals surface area contributed by atoms with Gasteiger partial charge in [-0.1, -0.05) is 37.8 Å². The van der Waals surface area contributed by atoms with E-state index in [1.807, 2.05) is 11.0 Å². The minimum atomic E-state index is -0.433. The van der Waals surface area contributed by atoms with E-state index < -0.39 is 6.10 Å². The lowest BCUT2D eigenvalue weighted by atomic mass is 9.87. The molecule has 1 atom stereocenters. The Bertz CT molecular complexity index is 648. The third kappa shape index (κ3) is 4.38. The second kappa shape index (κ2) is 8.74. The molecule has 27 heavy (non-hydrogen) atoms. The van der Waals surface area contributed by atoms with Gasteiger partial charge in [-0.25, -0.2) is 0 Å². The van der Waals surface area contributed by atoms with E-state index in [1.54, 1.807) is 0 Å². The average Bonchev–Trinajstić information content (AvgIpc) is 2.73. The summed E-state index contributed by atoms with van der Waals surface area (Å²) in [5.74, 6) is 0.548. The number of aliphatic hydroxyl groups excluding tert-OH is 1. The number of aryl methyl sites for hydroxylation is 1. The molecular formula is C23H34N2O2. The number of β-amino-alcohol motifs (C(OH)–C–C–N with tert-alkyl or cyclic N) is 1. The lowest BCUT2D eigenvalue weighted by molar-refractivity contribution is -0.123. The number of rotatable bonds is 4. The fourth-order valence-corrected chi connectivity index (χ4v) is 5.12. The Hall–Kier alpha value is -1.39. The largest absolute Gasteiger partial charge is 0.387 e. The topological polar surface area (TPSA) is 43.8 Å². The van der Waals surface area contributed by atoms with Gasteiger partial charge in [-0.2, -0.15) is 0 Å². The Morgan fingerprint density at radius 2 is 1.74 bits per heavy atom. The number of benzene rings is 1. The zero-order valence-electron chi connectivity index (χ0n) is 16.5. The van der Waals surface area contributed by atoms with Gasteiger partial charge in [0.05, 0.1) is 6.10 Å². The highest BCUT2D eigenvalue weighted by molar-refractivity contribution is 5.96. The van der Waals surface area contributed by atoms with Gasteiger partial charge in [0.15, 0.2) is 0 Å². The quantitative estimate of drug-likeness (QED) is 0.869. The first-order valence-corrected chi connectivity index (χ1v) is 11.1. The van der Waals surface area contributed by atoms with E-state index in [0.29, 0.717) is 5.91 Å². The summed E-state index contributed by atoms with van der Waals surface area (Å²) < 4.78 is 0. The second-order valence-corrected chi connectivity index (χ2v) is 8.69. The molecule has 1 saturated carbocycles. The van der Waals surface area contributed by atoms with Gasteiger partial charge in [-0.15, -0.1) is 0 Å². The molecule has 1 amide bonds. The maximum Gasteiger partial charge on any atom is 0.230 e. The number of carbonyl (C=O) groups excluding carboxylic acids is 1. The minimum absolute atomic E-state index is 0.217. The molecule has 2 heterocycles. The first kappa shape index (κ1) is 18.9. The van der Waals surface area contributed by atoms with Gasteiger partial charge in [0.25, 0.3) is 0 Å². The van der Waals surface area contributed by atoms with Crippen LogP contribution in [-0.2, 0) is 11.2 Å². The molecule has 0 unspecified atom stereocenters. The molecule has 4 heteroatoms. The highest BCUT2D eigenvalue weighted by atomic mass is 16.3. The van der Waals surface area contributed by atoms with Gasteiger partial charge in [-0.05, 0) is 68.8 Å². The number of likely N-dealkylation sites (tertiary alicyclic amines) is 1. The van der Waals surface area contributed by atoms with Crippen molar-refractivity contribution in [1.82, 2.24) is 4.90 Å². The normalized spacial score (nSPS) is 23.1. The van der Waals surface area contributed by atoms with Crippen molar-refractivity contribution in [3.8, 4) is 0 Å². The standard InChI is InChI=1S/C23H34N2O2/c26-22(17-24-13-5-2-6-14-24)20-11-12-21-19(16-20)10-7-15-25(21)23(27)18-8-3-1-4-9-18/h11-12,16,18,22,26H,1-10,13-15,17H2/t22-/m0/s1. The van der Waals surface area contributed by atoms with Crippen LogP contribution in [0, 0.1) is 5.92 Å². The summed E-state index contributed by atoms with van der Waals surface area (Å²) in [7, 11) is 0. The van der Waals surface area contributed by atoms with E-state index in [-0.39, 0.29) is 5.92 Å². The summed E-state index contributed by atoms with van der Waals surface area (Å²) in [6.45, 7) is 3.78. The molecule has 4 nitrogen and oxygen atoms in total. The van der Waals surface area contributed by atoms with E-state index in [1.165, 1.54) is 44.1 Å². The van der Waals surface area contributed by atoms with Crippen molar-refractivity contribution in [2.75, 3.05) is 31.1 Å². The van der Waals surface area contributed by atoms with E-state index in [9.17, 15) is 9.90 Å². The summed E-state index contributed by atoms with van der Waals surface area (Å²) in [5, 5.41) is 10.7. The summed E-state index contributed by atoms with van der Waals surface area (Å²) >= 11 is 0. The molecule has 148 valence electrons. The monoisotopic (exact) mass is 370 g/mol. The number of fused-ring (bicyclic) bond motifs is 1. The molecule has 1 saturated heterocycles. The molecule has 1 aliphatic carbocycles. The molecule has 2 aliphatic heterocycles. The highest BCUT2D eigenvalue weighted by Gasteiger charge is 2.30. The van der Waals surface area contributed by atoms with Crippen LogP contribution in [0.5, 0.6) is 0 Å². The fourth-order valence-electron chi connectivity index (χ4n) is 5.12. The molecule has 1 aromatic carbocycles. The van der Waals surface area contributed by atoms with Crippen molar-refractivity contribution in [3.63, 3.8) is 0 Å². The number of carbonyl (C=O) groups is 1. The SMILES string of the molecule is O=C(C1CCCCC1)N1CCCc2cc([C@@H](O)CN3CCCCC3)ccc21. The zero-order valence-corrected chi connectivity index (χ0v) is 16.5. The highest BCUT2D eigenvalue weighted by Crippen LogP contribution is 2.34. The molecule has 1 aromatic rings. The average molecular weight is 371 g/mol. The Labute approximate surface area is 163 Å². The number of nitrogens with zero attached hydrogens (tertiary/aromatic N) is 2. The lowest BCUT2D eigenvalue weighted by Gasteiger charge is -2.34. The van der Waals surface area contributed by atoms with Gasteiger partial charge < -0.3 is 14.9 Å². The van der Waals surface area contributed by atoms with E-state index in [2.05, 4.69) is 17.0 Å². The Balaban J connectivity index is 1.46. The van der Waals surface area contributed by atoms with Gasteiger partial charge in [0, 0.05) is 24.7 Å². The number of piperidine rings is 1. The number of hydrogen-bond acceptors (Lipinski definition) is 3. The smallest absolute Gasteiger partial charge is 0.230 e. The number of anilines is 1. The summed E-state index contributed by atoms with van der Waals surface area (Å²) in [4.78, 5) is 17.5. The molecule has 1 N–H and O–H groups in total. The van der Waals surface area contributed by atoms with Crippen molar-refractivity contribution in [2.24, 2.45) is 5.92 Å². The van der Waals surface area contributed by atoms with Gasteiger partial charge in [0.1, 0.15) is 0 Å². The van der Waals surface area contributed by atoms with Crippen LogP contribution in [0.1, 0.15) is 75.0 Å². The number of amides is 1. The van der Waals surface area contributed by atoms with Crippen molar-refractivity contribution < 1.29 is 9.90 Å². The first-order chi connectivity index (χ1) is 13.2. The fraction of sp³-hybridized carbons (Fsp3) is 0.696. The van der Waals surface area contributed by atoms with Crippen LogP contribution in [0.15, 0.2) is 18.2 Å². The number of hydrogen-bond donors (Lipinski definition) is 1. The number of aliphatic hydroxyl groups is 1. The maximum atomic E-state index is 13.1. The summed E-state index contributed by atoms with van der Waals surface area (Å²) in [6.07, 6.45) is 11.2. The van der Waals surface area contributed by atoms with Crippen molar-refractivity contribution in [2.45, 2.75) is 70.3 Å². The molecule has 3 aliphatic rings. The third-order valence-corrected chi connectivity index (χ3v) is 6.71. The molecule has 0 bridgehead atoms. The second-order valence-electron chi connectivity index (χ2n) is 8.69.